The predicted octanol–water partition coefficient (Wildman–Crippen LogP) is 5.56. The van der Waals surface area contributed by atoms with Crippen molar-refractivity contribution in [3.63, 3.8) is 0 Å². The van der Waals surface area contributed by atoms with Crippen LogP contribution in [-0.4, -0.2) is 14.1 Å². The van der Waals surface area contributed by atoms with Crippen LogP contribution in [0.3, 0.4) is 0 Å². The van der Waals surface area contributed by atoms with Crippen molar-refractivity contribution >= 4 is 10.8 Å². The van der Waals surface area contributed by atoms with Crippen molar-refractivity contribution < 1.29 is 9.32 Å². The van der Waals surface area contributed by atoms with E-state index in [0.717, 1.165) is 52.8 Å². The number of hydrogen-bond acceptors (Lipinski definition) is 2. The van der Waals surface area contributed by atoms with Gasteiger partial charge in [0.05, 0.1) is 10.8 Å². The van der Waals surface area contributed by atoms with Crippen molar-refractivity contribution in [2.45, 2.75) is 62.2 Å². The standard InChI is InChI=1S/C27H30O2S/c1-27(2,3)30(29)26-23-16-14-20-11-9-19(10-12-20)13-15-21(17-18-23)24(26)25(28)22-7-5-4-6-8-22/h4-12,17-18,25,28H,13-16H2,1-3H3. The van der Waals surface area contributed by atoms with Gasteiger partial charge in [-0.3, -0.25) is 4.21 Å². The predicted molar refractivity (Wildman–Crippen MR) is 124 cm³/mol. The Morgan fingerprint density at radius 3 is 1.87 bits per heavy atom. The van der Waals surface area contributed by atoms with E-state index in [4.69, 9.17) is 0 Å². The van der Waals surface area contributed by atoms with Crippen molar-refractivity contribution in [2.24, 2.45) is 0 Å². The van der Waals surface area contributed by atoms with E-state index >= 15 is 0 Å². The Morgan fingerprint density at radius 1 is 0.767 bits per heavy atom. The molecule has 0 heterocycles. The van der Waals surface area contributed by atoms with Gasteiger partial charge in [0.15, 0.2) is 0 Å². The average molecular weight is 419 g/mol. The van der Waals surface area contributed by atoms with Gasteiger partial charge in [-0.25, -0.2) is 0 Å². The van der Waals surface area contributed by atoms with Crippen LogP contribution in [0.5, 0.6) is 0 Å². The van der Waals surface area contributed by atoms with Crippen LogP contribution < -0.4 is 0 Å². The molecule has 0 aromatic heterocycles. The van der Waals surface area contributed by atoms with Crippen LogP contribution in [0.25, 0.3) is 0 Å². The second-order valence-electron chi connectivity index (χ2n) is 9.14. The van der Waals surface area contributed by atoms with Crippen LogP contribution in [0.2, 0.25) is 0 Å². The molecule has 7 rings (SSSR count). The fraction of sp³-hybridized carbons (Fsp3) is 0.333. The largest absolute Gasteiger partial charge is 0.384 e. The van der Waals surface area contributed by atoms with E-state index < -0.39 is 21.7 Å². The molecule has 1 N–H and O–H groups in total. The van der Waals surface area contributed by atoms with Gasteiger partial charge in [0.25, 0.3) is 0 Å². The second kappa shape index (κ2) is 8.49. The molecular formula is C27H30O2S. The zero-order valence-electron chi connectivity index (χ0n) is 18.0. The number of aryl methyl sites for hydroxylation is 4. The Morgan fingerprint density at radius 2 is 1.30 bits per heavy atom. The van der Waals surface area contributed by atoms with Gasteiger partial charge in [0.1, 0.15) is 6.10 Å². The van der Waals surface area contributed by atoms with Gasteiger partial charge in [0.2, 0.25) is 0 Å². The molecule has 4 bridgehead atoms. The van der Waals surface area contributed by atoms with Crippen molar-refractivity contribution in [3.05, 3.63) is 100 Å². The summed E-state index contributed by atoms with van der Waals surface area (Å²) in [6.07, 6.45) is 2.63. The third kappa shape index (κ3) is 4.28. The first-order valence-corrected chi connectivity index (χ1v) is 11.9. The fourth-order valence-electron chi connectivity index (χ4n) is 4.16. The molecule has 0 aliphatic heterocycles. The number of aliphatic hydroxyl groups excluding tert-OH is 1. The van der Waals surface area contributed by atoms with Crippen LogP contribution in [-0.2, 0) is 36.5 Å². The maximum Gasteiger partial charge on any atom is 0.105 e. The highest BCUT2D eigenvalue weighted by Crippen LogP contribution is 2.37. The molecule has 0 spiro atoms. The summed E-state index contributed by atoms with van der Waals surface area (Å²) in [5.74, 6) is 0. The second-order valence-corrected chi connectivity index (χ2v) is 11.3. The molecule has 2 nitrogen and oxygen atoms in total. The van der Waals surface area contributed by atoms with E-state index in [1.807, 2.05) is 51.1 Å². The Balaban J connectivity index is 1.92. The normalized spacial score (nSPS) is 16.0. The first kappa shape index (κ1) is 21.0. The quantitative estimate of drug-likeness (QED) is 0.605. The molecule has 0 saturated carbocycles. The zero-order chi connectivity index (χ0) is 21.3. The molecule has 0 fully saturated rings. The molecule has 156 valence electrons. The van der Waals surface area contributed by atoms with E-state index in [2.05, 4.69) is 36.4 Å². The maximum atomic E-state index is 13.8. The SMILES string of the molecule is CC(C)(C)S(=O)c1c2ccc(c1C(O)c1ccccc1)CCc1ccc(cc1)CC2. The van der Waals surface area contributed by atoms with Crippen molar-refractivity contribution in [2.75, 3.05) is 0 Å². The van der Waals surface area contributed by atoms with E-state index in [-0.39, 0.29) is 0 Å². The summed E-state index contributed by atoms with van der Waals surface area (Å²) in [5.41, 5.74) is 6.46. The van der Waals surface area contributed by atoms with E-state index in [1.165, 1.54) is 11.1 Å². The number of aliphatic hydroxyl groups is 1. The molecule has 0 radical (unpaired) electrons. The number of hydrogen-bond donors (Lipinski definition) is 1. The van der Waals surface area contributed by atoms with Crippen LogP contribution in [0, 0.1) is 0 Å². The molecule has 2 unspecified atom stereocenters. The zero-order valence-corrected chi connectivity index (χ0v) is 18.8. The smallest absolute Gasteiger partial charge is 0.105 e. The minimum atomic E-state index is -1.23. The van der Waals surface area contributed by atoms with Crippen LogP contribution >= 0.6 is 0 Å². The summed E-state index contributed by atoms with van der Waals surface area (Å²) in [5, 5.41) is 11.5. The molecular weight excluding hydrogens is 388 g/mol. The van der Waals surface area contributed by atoms with Gasteiger partial charge < -0.3 is 5.11 Å². The first-order valence-electron chi connectivity index (χ1n) is 10.7. The Bertz CT molecular complexity index is 1050. The summed E-state index contributed by atoms with van der Waals surface area (Å²) in [6, 6.07) is 22.9. The van der Waals surface area contributed by atoms with Crippen LogP contribution in [0.1, 0.15) is 60.3 Å². The minimum absolute atomic E-state index is 0.406. The summed E-state index contributed by atoms with van der Waals surface area (Å²) >= 11 is 0. The highest BCUT2D eigenvalue weighted by Gasteiger charge is 2.30. The van der Waals surface area contributed by atoms with Gasteiger partial charge in [-0.2, -0.15) is 0 Å². The number of rotatable bonds is 3. The van der Waals surface area contributed by atoms with E-state index in [0.29, 0.717) is 0 Å². The molecule has 4 aliphatic rings. The highest BCUT2D eigenvalue weighted by atomic mass is 32.2. The van der Waals surface area contributed by atoms with E-state index in [1.54, 1.807) is 0 Å². The fourth-order valence-corrected chi connectivity index (χ4v) is 5.62. The number of benzene rings is 3. The van der Waals surface area contributed by atoms with Crippen molar-refractivity contribution in [1.29, 1.82) is 0 Å². The van der Waals surface area contributed by atoms with Crippen LogP contribution in [0.15, 0.2) is 71.6 Å². The Labute approximate surface area is 182 Å². The monoisotopic (exact) mass is 418 g/mol. The summed E-state index contributed by atoms with van der Waals surface area (Å²) in [6.45, 7) is 6.04. The lowest BCUT2D eigenvalue weighted by Gasteiger charge is -2.27. The molecule has 0 saturated heterocycles. The van der Waals surface area contributed by atoms with Gasteiger partial charge in [-0.05, 0) is 74.3 Å². The van der Waals surface area contributed by atoms with Gasteiger partial charge >= 0.3 is 0 Å². The maximum absolute atomic E-state index is 13.8. The lowest BCUT2D eigenvalue weighted by atomic mass is 9.89. The Hall–Kier alpha value is -2.23. The summed E-state index contributed by atoms with van der Waals surface area (Å²) < 4.78 is 13.4. The lowest BCUT2D eigenvalue weighted by molar-refractivity contribution is 0.215. The topological polar surface area (TPSA) is 37.3 Å². The van der Waals surface area contributed by atoms with Gasteiger partial charge in [0, 0.05) is 15.2 Å². The first-order chi connectivity index (χ1) is 14.3. The lowest BCUT2D eigenvalue weighted by Crippen LogP contribution is -2.25. The van der Waals surface area contributed by atoms with Crippen molar-refractivity contribution in [1.82, 2.24) is 0 Å². The van der Waals surface area contributed by atoms with Crippen LogP contribution in [0.4, 0.5) is 0 Å². The van der Waals surface area contributed by atoms with Gasteiger partial charge in [-0.1, -0.05) is 66.7 Å². The Kier molecular flexibility index (Phi) is 5.95. The van der Waals surface area contributed by atoms with E-state index in [9.17, 15) is 9.32 Å². The molecule has 0 amide bonds. The van der Waals surface area contributed by atoms with Crippen molar-refractivity contribution in [3.8, 4) is 0 Å². The molecule has 3 aromatic rings. The third-order valence-electron chi connectivity index (χ3n) is 5.89. The minimum Gasteiger partial charge on any atom is -0.384 e. The molecule has 2 atom stereocenters. The molecule has 3 heteroatoms. The molecule has 3 aromatic carbocycles. The van der Waals surface area contributed by atoms with Gasteiger partial charge in [-0.15, -0.1) is 0 Å². The third-order valence-corrected chi connectivity index (χ3v) is 7.85. The summed E-state index contributed by atoms with van der Waals surface area (Å²) in [4.78, 5) is 0.839. The molecule has 30 heavy (non-hydrogen) atoms. The average Bonchev–Trinajstić information content (AvgIpc) is 2.74. The highest BCUT2D eigenvalue weighted by molar-refractivity contribution is 7.86. The molecule has 4 aliphatic carbocycles. The summed E-state index contributed by atoms with van der Waals surface area (Å²) in [7, 11) is -1.23.